The van der Waals surface area contributed by atoms with Crippen LogP contribution in [0.5, 0.6) is 11.5 Å². The molecule has 8 heteroatoms. The van der Waals surface area contributed by atoms with Crippen molar-refractivity contribution in [1.82, 2.24) is 15.5 Å². The van der Waals surface area contributed by atoms with Gasteiger partial charge in [-0.25, -0.2) is 0 Å². The number of hydrogen-bond acceptors (Lipinski definition) is 5. The second-order valence-electron chi connectivity index (χ2n) is 4.92. The van der Waals surface area contributed by atoms with E-state index in [2.05, 4.69) is 15.5 Å². The largest absolute Gasteiger partial charge is 0.497 e. The monoisotopic (exact) mass is 339 g/mol. The molecule has 0 saturated carbocycles. The highest BCUT2D eigenvalue weighted by molar-refractivity contribution is 6.32. The lowest BCUT2D eigenvalue weighted by Crippen LogP contribution is -2.30. The van der Waals surface area contributed by atoms with Crippen molar-refractivity contribution >= 4 is 17.5 Å². The molecule has 0 radical (unpaired) electrons. The fourth-order valence-electron chi connectivity index (χ4n) is 1.76. The van der Waals surface area contributed by atoms with Gasteiger partial charge in [-0.2, -0.15) is 5.10 Å². The summed E-state index contributed by atoms with van der Waals surface area (Å²) in [6, 6.07) is 6.67. The first kappa shape index (κ1) is 17.1. The predicted octanol–water partition coefficient (Wildman–Crippen LogP) is 1.76. The van der Waals surface area contributed by atoms with Gasteiger partial charge >= 0.3 is 0 Å². The Hall–Kier alpha value is -2.25. The number of ether oxygens (including phenoxy) is 2. The van der Waals surface area contributed by atoms with Gasteiger partial charge in [0.15, 0.2) is 0 Å². The number of hydrogen-bond donors (Lipinski definition) is 3. The maximum absolute atomic E-state index is 11.8. The minimum Gasteiger partial charge on any atom is -0.497 e. The maximum Gasteiger partial charge on any atom is 0.271 e. The van der Waals surface area contributed by atoms with Crippen molar-refractivity contribution in [3.8, 4) is 11.5 Å². The highest BCUT2D eigenvalue weighted by Crippen LogP contribution is 2.29. The third-order valence-electron chi connectivity index (χ3n) is 2.94. The van der Waals surface area contributed by atoms with Crippen molar-refractivity contribution in [3.63, 3.8) is 0 Å². The number of nitrogens with one attached hydrogen (secondary N) is 2. The molecule has 0 aliphatic heterocycles. The van der Waals surface area contributed by atoms with E-state index in [4.69, 9.17) is 26.2 Å². The number of carbonyl (C=O) groups excluding carboxylic acids is 1. The van der Waals surface area contributed by atoms with Crippen molar-refractivity contribution in [2.45, 2.75) is 19.6 Å². The fraction of sp³-hybridized carbons (Fsp3) is 0.333. The summed E-state index contributed by atoms with van der Waals surface area (Å²) in [5.74, 6) is 0.777. The van der Waals surface area contributed by atoms with E-state index in [-0.39, 0.29) is 24.8 Å². The SMILES string of the molecule is COc1ccc(OCc2cc(C(=O)NC[C@@H](C)O)n[nH]2)c(Cl)c1. The Bertz CT molecular complexity index is 672. The van der Waals surface area contributed by atoms with Crippen LogP contribution in [0.25, 0.3) is 0 Å². The molecule has 1 aromatic carbocycles. The summed E-state index contributed by atoms with van der Waals surface area (Å²) < 4.78 is 10.6. The quantitative estimate of drug-likeness (QED) is 0.714. The molecule has 2 aromatic rings. The molecule has 3 N–H and O–H groups in total. The van der Waals surface area contributed by atoms with Gasteiger partial charge in [0.25, 0.3) is 5.91 Å². The number of methoxy groups -OCH3 is 1. The molecule has 0 aliphatic carbocycles. The van der Waals surface area contributed by atoms with E-state index in [0.717, 1.165) is 0 Å². The first-order valence-corrected chi connectivity index (χ1v) is 7.34. The molecular weight excluding hydrogens is 322 g/mol. The third kappa shape index (κ3) is 4.87. The lowest BCUT2D eigenvalue weighted by Gasteiger charge is -2.08. The van der Waals surface area contributed by atoms with Crippen LogP contribution < -0.4 is 14.8 Å². The van der Waals surface area contributed by atoms with Crippen LogP contribution in [0, 0.1) is 0 Å². The van der Waals surface area contributed by atoms with Gasteiger partial charge in [-0.3, -0.25) is 9.89 Å². The number of aromatic nitrogens is 2. The van der Waals surface area contributed by atoms with E-state index in [1.165, 1.54) is 0 Å². The lowest BCUT2D eigenvalue weighted by molar-refractivity contribution is 0.0919. The van der Waals surface area contributed by atoms with Crippen molar-refractivity contribution in [2.24, 2.45) is 0 Å². The van der Waals surface area contributed by atoms with Crippen LogP contribution in [-0.4, -0.2) is 41.0 Å². The average Bonchev–Trinajstić information content (AvgIpc) is 3.00. The summed E-state index contributed by atoms with van der Waals surface area (Å²) in [4.78, 5) is 11.8. The van der Waals surface area contributed by atoms with E-state index in [9.17, 15) is 4.79 Å². The van der Waals surface area contributed by atoms with Crippen LogP contribution >= 0.6 is 11.6 Å². The number of carbonyl (C=O) groups is 1. The van der Waals surface area contributed by atoms with Gasteiger partial charge in [0.05, 0.1) is 23.9 Å². The summed E-state index contributed by atoms with van der Waals surface area (Å²) in [5.41, 5.74) is 0.851. The van der Waals surface area contributed by atoms with Gasteiger partial charge in [-0.15, -0.1) is 0 Å². The van der Waals surface area contributed by atoms with Gasteiger partial charge < -0.3 is 19.9 Å². The van der Waals surface area contributed by atoms with E-state index in [0.29, 0.717) is 22.2 Å². The summed E-state index contributed by atoms with van der Waals surface area (Å²) in [7, 11) is 1.56. The molecule has 0 spiro atoms. The minimum atomic E-state index is -0.613. The van der Waals surface area contributed by atoms with Crippen molar-refractivity contribution in [3.05, 3.63) is 40.7 Å². The molecule has 1 amide bonds. The molecule has 1 atom stereocenters. The van der Waals surface area contributed by atoms with Gasteiger partial charge in [0, 0.05) is 12.6 Å². The molecule has 0 unspecified atom stereocenters. The number of nitrogens with zero attached hydrogens (tertiary/aromatic N) is 1. The molecule has 0 aliphatic rings. The molecule has 23 heavy (non-hydrogen) atoms. The number of H-pyrrole nitrogens is 1. The van der Waals surface area contributed by atoms with E-state index < -0.39 is 6.10 Å². The highest BCUT2D eigenvalue weighted by Gasteiger charge is 2.12. The number of rotatable bonds is 7. The first-order valence-electron chi connectivity index (χ1n) is 6.96. The molecule has 2 rings (SSSR count). The fourth-order valence-corrected chi connectivity index (χ4v) is 1.99. The van der Waals surface area contributed by atoms with Crippen LogP contribution in [-0.2, 0) is 6.61 Å². The Balaban J connectivity index is 1.93. The molecule has 124 valence electrons. The van der Waals surface area contributed by atoms with E-state index >= 15 is 0 Å². The number of amides is 1. The summed E-state index contributed by atoms with van der Waals surface area (Å²) in [6.07, 6.45) is -0.613. The molecule has 0 saturated heterocycles. The zero-order valence-corrected chi connectivity index (χ0v) is 13.6. The summed E-state index contributed by atoms with van der Waals surface area (Å²) >= 11 is 6.08. The van der Waals surface area contributed by atoms with Crippen molar-refractivity contribution < 1.29 is 19.4 Å². The predicted molar refractivity (Wildman–Crippen MR) is 84.9 cm³/mol. The zero-order chi connectivity index (χ0) is 16.8. The average molecular weight is 340 g/mol. The third-order valence-corrected chi connectivity index (χ3v) is 3.24. The lowest BCUT2D eigenvalue weighted by atomic mass is 10.3. The van der Waals surface area contributed by atoms with Crippen LogP contribution in [0.3, 0.4) is 0 Å². The van der Waals surface area contributed by atoms with Crippen LogP contribution in [0.1, 0.15) is 23.1 Å². The van der Waals surface area contributed by atoms with Crippen LogP contribution in [0.2, 0.25) is 5.02 Å². The normalized spacial score (nSPS) is 11.8. The highest BCUT2D eigenvalue weighted by atomic mass is 35.5. The van der Waals surface area contributed by atoms with Crippen LogP contribution in [0.15, 0.2) is 24.3 Å². The molecule has 0 bridgehead atoms. The van der Waals surface area contributed by atoms with Crippen molar-refractivity contribution in [1.29, 1.82) is 0 Å². The molecule has 1 aromatic heterocycles. The Morgan fingerprint density at radius 2 is 2.26 bits per heavy atom. The number of benzene rings is 1. The van der Waals surface area contributed by atoms with E-state index in [1.54, 1.807) is 38.3 Å². The Kier molecular flexibility index (Phi) is 5.84. The number of aliphatic hydroxyl groups is 1. The second-order valence-corrected chi connectivity index (χ2v) is 5.33. The summed E-state index contributed by atoms with van der Waals surface area (Å²) in [6.45, 7) is 1.93. The van der Waals surface area contributed by atoms with Gasteiger partial charge in [-0.05, 0) is 25.1 Å². The maximum atomic E-state index is 11.8. The number of halogens is 1. The Morgan fingerprint density at radius 1 is 1.48 bits per heavy atom. The molecule has 1 heterocycles. The topological polar surface area (TPSA) is 96.5 Å². The minimum absolute atomic E-state index is 0.166. The second kappa shape index (κ2) is 7.85. The summed E-state index contributed by atoms with van der Waals surface area (Å²) in [5, 5.41) is 18.8. The number of aromatic amines is 1. The van der Waals surface area contributed by atoms with Gasteiger partial charge in [0.2, 0.25) is 0 Å². The van der Waals surface area contributed by atoms with E-state index in [1.807, 2.05) is 0 Å². The van der Waals surface area contributed by atoms with Gasteiger partial charge in [0.1, 0.15) is 23.8 Å². The Labute approximate surface area is 138 Å². The van der Waals surface area contributed by atoms with Crippen molar-refractivity contribution in [2.75, 3.05) is 13.7 Å². The molecular formula is C15H18ClN3O4. The van der Waals surface area contributed by atoms with Gasteiger partial charge in [-0.1, -0.05) is 11.6 Å². The zero-order valence-electron chi connectivity index (χ0n) is 12.8. The number of aliphatic hydroxyl groups excluding tert-OH is 1. The molecule has 7 nitrogen and oxygen atoms in total. The Morgan fingerprint density at radius 3 is 2.91 bits per heavy atom. The van der Waals surface area contributed by atoms with Crippen LogP contribution in [0.4, 0.5) is 0 Å². The first-order chi connectivity index (χ1) is 11.0. The standard InChI is InChI=1S/C15H18ClN3O4/c1-9(20)7-17-15(21)13-5-10(18-19-13)8-23-14-4-3-11(22-2)6-12(14)16/h3-6,9,20H,7-8H2,1-2H3,(H,17,21)(H,18,19)/t9-/m1/s1. The molecule has 0 fully saturated rings. The smallest absolute Gasteiger partial charge is 0.271 e.